The summed E-state index contributed by atoms with van der Waals surface area (Å²) in [5.74, 6) is 0.843. The topological polar surface area (TPSA) is 30.2 Å². The first-order valence-corrected chi connectivity index (χ1v) is 16.3. The van der Waals surface area contributed by atoms with Crippen LogP contribution in [0.2, 0.25) is 0 Å². The minimum atomic E-state index is 0.843. The molecule has 46 heavy (non-hydrogen) atoms. The zero-order chi connectivity index (χ0) is 30.2. The van der Waals surface area contributed by atoms with Crippen molar-refractivity contribution in [2.75, 3.05) is 0 Å². The molecule has 0 N–H and O–H groups in total. The van der Waals surface area contributed by atoms with E-state index in [1.165, 1.54) is 64.0 Å². The molecule has 214 valence electrons. The SMILES string of the molecule is c1ccc2cc(-c3ccc4c(c3)c3ccccc3c3nnc(-c5ccc(-c6cccc7c6sc6ccccc67)cc5)n43)ccc2c1. The molecular formula is C42H25N3S. The Bertz CT molecular complexity index is 2810. The highest BCUT2D eigenvalue weighted by molar-refractivity contribution is 7.26. The average molecular weight is 604 g/mol. The number of hydrogen-bond donors (Lipinski definition) is 0. The van der Waals surface area contributed by atoms with Gasteiger partial charge in [-0.15, -0.1) is 21.5 Å². The molecule has 3 aromatic heterocycles. The van der Waals surface area contributed by atoms with Crippen molar-refractivity contribution in [3.05, 3.63) is 152 Å². The molecule has 0 fully saturated rings. The summed E-state index contributed by atoms with van der Waals surface area (Å²) in [4.78, 5) is 0. The van der Waals surface area contributed by atoms with E-state index in [0.717, 1.165) is 27.9 Å². The van der Waals surface area contributed by atoms with Crippen molar-refractivity contribution in [2.45, 2.75) is 0 Å². The van der Waals surface area contributed by atoms with Crippen LogP contribution in [0, 0.1) is 0 Å². The summed E-state index contributed by atoms with van der Waals surface area (Å²) in [6, 6.07) is 54.6. The predicted molar refractivity (Wildman–Crippen MR) is 195 cm³/mol. The van der Waals surface area contributed by atoms with Crippen LogP contribution in [0.25, 0.3) is 91.9 Å². The summed E-state index contributed by atoms with van der Waals surface area (Å²) < 4.78 is 4.87. The van der Waals surface area contributed by atoms with E-state index in [4.69, 9.17) is 10.2 Å². The fraction of sp³-hybridized carbons (Fsp3) is 0. The van der Waals surface area contributed by atoms with E-state index < -0.39 is 0 Å². The van der Waals surface area contributed by atoms with Crippen molar-refractivity contribution in [1.82, 2.24) is 14.6 Å². The van der Waals surface area contributed by atoms with Gasteiger partial charge < -0.3 is 0 Å². The molecule has 0 saturated carbocycles. The van der Waals surface area contributed by atoms with E-state index in [1.807, 2.05) is 11.3 Å². The normalized spacial score (nSPS) is 11.9. The molecule has 0 amide bonds. The van der Waals surface area contributed by atoms with Gasteiger partial charge >= 0.3 is 0 Å². The molecule has 0 aliphatic carbocycles. The van der Waals surface area contributed by atoms with Gasteiger partial charge in [-0.25, -0.2) is 0 Å². The molecule has 4 heteroatoms. The molecule has 0 radical (unpaired) electrons. The molecule has 0 spiro atoms. The molecule has 0 unspecified atom stereocenters. The molecule has 0 aliphatic heterocycles. The predicted octanol–water partition coefficient (Wildman–Crippen LogP) is 11.6. The Hall–Kier alpha value is -5.84. The number of aromatic nitrogens is 3. The largest absolute Gasteiger partial charge is 0.274 e. The van der Waals surface area contributed by atoms with Crippen LogP contribution in [0.15, 0.2) is 152 Å². The van der Waals surface area contributed by atoms with Gasteiger partial charge in [0.25, 0.3) is 0 Å². The van der Waals surface area contributed by atoms with Crippen molar-refractivity contribution in [2.24, 2.45) is 0 Å². The molecule has 7 aromatic carbocycles. The lowest BCUT2D eigenvalue weighted by Crippen LogP contribution is -1.95. The zero-order valence-electron chi connectivity index (χ0n) is 24.7. The first-order chi connectivity index (χ1) is 22.8. The van der Waals surface area contributed by atoms with Crippen LogP contribution in [0.4, 0.5) is 0 Å². The lowest BCUT2D eigenvalue weighted by Gasteiger charge is -2.12. The number of hydrogen-bond acceptors (Lipinski definition) is 3. The highest BCUT2D eigenvalue weighted by Crippen LogP contribution is 2.40. The Morgan fingerprint density at radius 2 is 1.11 bits per heavy atom. The molecule has 10 aromatic rings. The third-order valence-electron chi connectivity index (χ3n) is 9.30. The molecule has 0 aliphatic rings. The number of rotatable bonds is 3. The van der Waals surface area contributed by atoms with Gasteiger partial charge in [0.2, 0.25) is 0 Å². The molecular weight excluding hydrogens is 579 g/mol. The first-order valence-electron chi connectivity index (χ1n) is 15.5. The number of pyridine rings is 1. The van der Waals surface area contributed by atoms with Gasteiger partial charge in [0.05, 0.1) is 5.52 Å². The lowest BCUT2D eigenvalue weighted by molar-refractivity contribution is 1.12. The summed E-state index contributed by atoms with van der Waals surface area (Å²) in [5.41, 5.74) is 7.86. The average Bonchev–Trinajstić information content (AvgIpc) is 3.74. The van der Waals surface area contributed by atoms with E-state index in [2.05, 4.69) is 156 Å². The van der Waals surface area contributed by atoms with E-state index in [0.29, 0.717) is 0 Å². The summed E-state index contributed by atoms with van der Waals surface area (Å²) in [6.45, 7) is 0. The number of fused-ring (bicyclic) bond motifs is 10. The highest BCUT2D eigenvalue weighted by Gasteiger charge is 2.17. The van der Waals surface area contributed by atoms with E-state index in [9.17, 15) is 0 Å². The van der Waals surface area contributed by atoms with E-state index in [-0.39, 0.29) is 0 Å². The molecule has 3 nitrogen and oxygen atoms in total. The zero-order valence-corrected chi connectivity index (χ0v) is 25.5. The Kier molecular flexibility index (Phi) is 5.45. The van der Waals surface area contributed by atoms with Crippen LogP contribution < -0.4 is 0 Å². The van der Waals surface area contributed by atoms with Gasteiger partial charge in [-0.05, 0) is 62.7 Å². The standard InChI is InChI=1S/C42H25N3S/c1-2-9-29-24-30(21-16-26(29)8-1)31-22-23-38-37(25-31)33-10-3-4-12-36(33)42-44-43-41(45(38)42)28-19-17-27(18-20-28)32-13-7-14-35-34-11-5-6-15-39(34)46-40(32)35/h1-25H. The summed E-state index contributed by atoms with van der Waals surface area (Å²) in [6.07, 6.45) is 0. The van der Waals surface area contributed by atoms with E-state index >= 15 is 0 Å². The van der Waals surface area contributed by atoms with Gasteiger partial charge in [-0.2, -0.15) is 0 Å². The lowest BCUT2D eigenvalue weighted by atomic mass is 9.97. The van der Waals surface area contributed by atoms with E-state index in [1.54, 1.807) is 0 Å². The molecule has 0 atom stereocenters. The van der Waals surface area contributed by atoms with Crippen molar-refractivity contribution < 1.29 is 0 Å². The van der Waals surface area contributed by atoms with Crippen molar-refractivity contribution in [3.8, 4) is 33.6 Å². The minimum Gasteiger partial charge on any atom is -0.274 e. The Morgan fingerprint density at radius 1 is 0.435 bits per heavy atom. The van der Waals surface area contributed by atoms with Gasteiger partial charge in [-0.1, -0.05) is 127 Å². The van der Waals surface area contributed by atoms with Crippen LogP contribution in [0.3, 0.4) is 0 Å². The Labute approximate surface area is 268 Å². The third-order valence-corrected chi connectivity index (χ3v) is 10.5. The quantitative estimate of drug-likeness (QED) is 0.188. The van der Waals surface area contributed by atoms with Crippen LogP contribution >= 0.6 is 11.3 Å². The van der Waals surface area contributed by atoms with Crippen LogP contribution in [0.1, 0.15) is 0 Å². The Balaban J connectivity index is 1.14. The van der Waals surface area contributed by atoms with Gasteiger partial charge in [-0.3, -0.25) is 4.40 Å². The summed E-state index contributed by atoms with van der Waals surface area (Å²) in [7, 11) is 0. The molecule has 0 saturated heterocycles. The fourth-order valence-corrected chi connectivity index (χ4v) is 8.29. The Morgan fingerprint density at radius 3 is 2.00 bits per heavy atom. The van der Waals surface area contributed by atoms with Gasteiger partial charge in [0.1, 0.15) is 0 Å². The second kappa shape index (κ2) is 9.83. The van der Waals surface area contributed by atoms with Crippen LogP contribution in [-0.4, -0.2) is 14.6 Å². The summed E-state index contributed by atoms with van der Waals surface area (Å²) >= 11 is 1.86. The number of thiophene rings is 1. The van der Waals surface area contributed by atoms with Crippen LogP contribution in [-0.2, 0) is 0 Å². The van der Waals surface area contributed by atoms with Crippen molar-refractivity contribution in [1.29, 1.82) is 0 Å². The first kappa shape index (κ1) is 25.5. The maximum Gasteiger partial charge on any atom is 0.169 e. The molecule has 10 rings (SSSR count). The maximum atomic E-state index is 4.78. The third kappa shape index (κ3) is 3.77. The minimum absolute atomic E-state index is 0.843. The number of benzene rings is 7. The highest BCUT2D eigenvalue weighted by atomic mass is 32.1. The smallest absolute Gasteiger partial charge is 0.169 e. The second-order valence-corrected chi connectivity index (χ2v) is 12.9. The number of nitrogens with zero attached hydrogens (tertiary/aromatic N) is 3. The maximum absolute atomic E-state index is 4.78. The van der Waals surface area contributed by atoms with Gasteiger partial charge in [0.15, 0.2) is 11.5 Å². The molecule has 0 bridgehead atoms. The fourth-order valence-electron chi connectivity index (χ4n) is 7.06. The van der Waals surface area contributed by atoms with Crippen molar-refractivity contribution in [3.63, 3.8) is 0 Å². The summed E-state index contributed by atoms with van der Waals surface area (Å²) in [5, 5.41) is 18.1. The monoisotopic (exact) mass is 603 g/mol. The van der Waals surface area contributed by atoms with Gasteiger partial charge in [0, 0.05) is 36.5 Å². The molecule has 3 heterocycles. The van der Waals surface area contributed by atoms with Crippen molar-refractivity contribution >= 4 is 69.6 Å². The van der Waals surface area contributed by atoms with Crippen LogP contribution in [0.5, 0.6) is 0 Å². The second-order valence-electron chi connectivity index (χ2n) is 11.9.